The Labute approximate surface area is 385 Å². The van der Waals surface area contributed by atoms with Crippen molar-refractivity contribution in [3.05, 3.63) is 83.2 Å². The van der Waals surface area contributed by atoms with Crippen molar-refractivity contribution < 1.29 is 68.4 Å². The molecule has 0 saturated carbocycles. The Hall–Kier alpha value is -6.10. The molecule has 0 spiro atoms. The van der Waals surface area contributed by atoms with Crippen LogP contribution >= 0.6 is 0 Å². The molecule has 1 amide bonds. The number of Topliss-reactive ketones (excluding diaryl/α,β-unsaturated/α-hetero) is 1. The van der Waals surface area contributed by atoms with Crippen LogP contribution in [0.15, 0.2) is 71.6 Å². The van der Waals surface area contributed by atoms with E-state index in [-0.39, 0.29) is 51.1 Å². The number of carbonyl (C=O) groups excluding carboxylic acids is 3. The summed E-state index contributed by atoms with van der Waals surface area (Å²) >= 11 is 0. The van der Waals surface area contributed by atoms with Crippen LogP contribution in [0.2, 0.25) is 0 Å². The van der Waals surface area contributed by atoms with E-state index in [2.05, 4.69) is 10.5 Å². The molecular formula is C50H64N2O14. The highest BCUT2D eigenvalue weighted by molar-refractivity contribution is 6.23. The molecule has 358 valence electrons. The molecule has 0 radical (unpaired) electrons. The SMILES string of the molecule is COC1/C=C/OC2(C)Oc3c(C)c(O)c4c(O)c(c(/C=N/OCCCCCCOc5ccccc5)c(O)c4c3C2=O)NC(=O)/C(C)=C/C=C/C(C)C(O)C(C)C(O)C(C)C(OC(C)=O)C1C. The fraction of sp³-hybridized carbons (Fsp3) is 0.480. The van der Waals surface area contributed by atoms with Crippen LogP contribution in [-0.2, 0) is 28.6 Å². The molecule has 3 aromatic carbocycles. The molecule has 16 heteroatoms. The van der Waals surface area contributed by atoms with Gasteiger partial charge in [0, 0.05) is 61.2 Å². The summed E-state index contributed by atoms with van der Waals surface area (Å²) in [5.41, 5.74) is -0.625. The number of fused-ring (bicyclic) bond motifs is 14. The van der Waals surface area contributed by atoms with Gasteiger partial charge in [0.15, 0.2) is 5.75 Å². The number of nitrogens with zero attached hydrogens (tertiary/aromatic N) is 1. The van der Waals surface area contributed by atoms with Crippen LogP contribution in [0, 0.1) is 30.6 Å². The summed E-state index contributed by atoms with van der Waals surface area (Å²) in [5, 5.41) is 64.5. The zero-order valence-electron chi connectivity index (χ0n) is 39.1. The Morgan fingerprint density at radius 3 is 2.23 bits per heavy atom. The van der Waals surface area contributed by atoms with Crippen LogP contribution in [0.3, 0.4) is 0 Å². The molecule has 0 fully saturated rings. The summed E-state index contributed by atoms with van der Waals surface area (Å²) in [7, 11) is 1.43. The number of aromatic hydroxyl groups is 3. The minimum atomic E-state index is -2.07. The number of hydrogen-bond donors (Lipinski definition) is 6. The number of allylic oxidation sites excluding steroid dienone is 2. The topological polar surface area (TPSA) is 232 Å². The maximum atomic E-state index is 14.5. The van der Waals surface area contributed by atoms with Gasteiger partial charge in [-0.1, -0.05) is 69.3 Å². The van der Waals surface area contributed by atoms with Gasteiger partial charge in [0.25, 0.3) is 11.7 Å². The molecule has 3 aromatic rings. The lowest BCUT2D eigenvalue weighted by Gasteiger charge is -2.38. The molecule has 0 aliphatic carbocycles. The Morgan fingerprint density at radius 2 is 1.56 bits per heavy atom. The predicted molar refractivity (Wildman–Crippen MR) is 248 cm³/mol. The van der Waals surface area contributed by atoms with Gasteiger partial charge in [-0.25, -0.2) is 0 Å². The van der Waals surface area contributed by atoms with E-state index < -0.39 is 88.8 Å². The van der Waals surface area contributed by atoms with Crippen molar-refractivity contribution in [3.63, 3.8) is 0 Å². The third-order valence-electron chi connectivity index (χ3n) is 12.4. The quantitative estimate of drug-likeness (QED) is 0.0255. The molecule has 5 bridgehead atoms. The fourth-order valence-corrected chi connectivity index (χ4v) is 8.34. The summed E-state index contributed by atoms with van der Waals surface area (Å²) in [4.78, 5) is 46.2. The van der Waals surface area contributed by atoms with Gasteiger partial charge < -0.3 is 59.4 Å². The third-order valence-corrected chi connectivity index (χ3v) is 12.4. The van der Waals surface area contributed by atoms with E-state index in [0.717, 1.165) is 31.2 Å². The van der Waals surface area contributed by atoms with Gasteiger partial charge in [0.1, 0.15) is 35.7 Å². The first kappa shape index (κ1) is 50.9. The maximum Gasteiger partial charge on any atom is 0.312 e. The lowest BCUT2D eigenvalue weighted by Crippen LogP contribution is -2.46. The van der Waals surface area contributed by atoms with Crippen molar-refractivity contribution >= 4 is 40.3 Å². The number of para-hydroxylation sites is 1. The van der Waals surface area contributed by atoms with Gasteiger partial charge in [-0.15, -0.1) is 0 Å². The number of carbonyl (C=O) groups is 3. The molecule has 0 aromatic heterocycles. The second-order valence-electron chi connectivity index (χ2n) is 17.3. The van der Waals surface area contributed by atoms with Crippen molar-refractivity contribution in [1.82, 2.24) is 0 Å². The average Bonchev–Trinajstić information content (AvgIpc) is 3.56. The van der Waals surface area contributed by atoms with Crippen molar-refractivity contribution in [2.75, 3.05) is 25.6 Å². The molecular weight excluding hydrogens is 853 g/mol. The third kappa shape index (κ3) is 11.3. The number of oxime groups is 1. The van der Waals surface area contributed by atoms with Gasteiger partial charge in [-0.05, 0) is 57.7 Å². The van der Waals surface area contributed by atoms with E-state index in [1.165, 1.54) is 53.2 Å². The smallest absolute Gasteiger partial charge is 0.312 e. The number of anilines is 1. The molecule has 3 aliphatic rings. The number of hydrogen-bond acceptors (Lipinski definition) is 15. The number of nitrogens with one attached hydrogen (secondary N) is 1. The number of aliphatic hydroxyl groups is 2. The van der Waals surface area contributed by atoms with E-state index in [0.29, 0.717) is 13.0 Å². The molecule has 0 saturated heterocycles. The van der Waals surface area contributed by atoms with Crippen molar-refractivity contribution in [1.29, 1.82) is 0 Å². The molecule has 3 aliphatic heterocycles. The first-order valence-corrected chi connectivity index (χ1v) is 22.3. The molecule has 66 heavy (non-hydrogen) atoms. The van der Waals surface area contributed by atoms with Gasteiger partial charge in [-0.2, -0.15) is 0 Å². The van der Waals surface area contributed by atoms with Crippen molar-refractivity contribution in [3.8, 4) is 28.7 Å². The number of aliphatic hydroxyl groups excluding tert-OH is 2. The number of benzene rings is 3. The Morgan fingerprint density at radius 1 is 0.879 bits per heavy atom. The number of ketones is 1. The first-order valence-electron chi connectivity index (χ1n) is 22.3. The lowest BCUT2D eigenvalue weighted by molar-refractivity contribution is -0.160. The Kier molecular flexibility index (Phi) is 17.3. The second-order valence-corrected chi connectivity index (χ2v) is 17.3. The zero-order valence-corrected chi connectivity index (χ0v) is 39.1. The number of rotatable bonds is 12. The van der Waals surface area contributed by atoms with Crippen LogP contribution in [0.1, 0.15) is 95.6 Å². The van der Waals surface area contributed by atoms with Gasteiger partial charge >= 0.3 is 11.8 Å². The molecule has 16 nitrogen and oxygen atoms in total. The zero-order chi connectivity index (χ0) is 48.5. The lowest BCUT2D eigenvalue weighted by atomic mass is 9.78. The molecule has 6 N–H and O–H groups in total. The highest BCUT2D eigenvalue weighted by Gasteiger charge is 2.50. The standard InChI is InChI=1S/C50H64N2O14/c1-27-18-17-19-28(2)49(60)52-40-35(26-51-64-24-16-11-10-15-23-62-34-20-13-12-14-21-34)44(57)37-38(45(40)58)43(56)32(6)47-39(37)48(59)50(8,66-47)63-25-22-36(61-9)29(3)46(65-33(7)53)31(5)42(55)30(4)41(27)54/h12-14,17-22,25-27,29-31,36,41-42,46,54-58H,10-11,15-16,23-24H2,1-9H3,(H,52,60)/b18-17+,25-22+,28-19+,51-26+. The molecule has 9 atom stereocenters. The number of unbranched alkanes of at least 4 members (excludes halogenated alkanes) is 3. The number of amides is 1. The summed E-state index contributed by atoms with van der Waals surface area (Å²) in [5.74, 6) is -7.89. The minimum Gasteiger partial charge on any atom is -0.507 e. The highest BCUT2D eigenvalue weighted by atomic mass is 16.7. The van der Waals surface area contributed by atoms with Crippen LogP contribution in [0.4, 0.5) is 5.69 Å². The van der Waals surface area contributed by atoms with Crippen LogP contribution < -0.4 is 14.8 Å². The molecule has 6 rings (SSSR count). The average molecular weight is 917 g/mol. The van der Waals surface area contributed by atoms with E-state index in [4.69, 9.17) is 28.5 Å². The number of phenolic OH excluding ortho intramolecular Hbond substituents is 3. The van der Waals surface area contributed by atoms with Gasteiger partial charge in [0.05, 0.1) is 59.6 Å². The van der Waals surface area contributed by atoms with E-state index >= 15 is 0 Å². The fourth-order valence-electron chi connectivity index (χ4n) is 8.34. The summed E-state index contributed by atoms with van der Waals surface area (Å²) in [6.07, 6.45) is 7.70. The second kappa shape index (κ2) is 22.4. The van der Waals surface area contributed by atoms with E-state index in [1.807, 2.05) is 30.3 Å². The van der Waals surface area contributed by atoms with Crippen LogP contribution in [-0.4, -0.2) is 99.9 Å². The summed E-state index contributed by atoms with van der Waals surface area (Å²) in [6.45, 7) is 13.2. The van der Waals surface area contributed by atoms with Crippen LogP contribution in [0.25, 0.3) is 10.8 Å². The monoisotopic (exact) mass is 916 g/mol. The van der Waals surface area contributed by atoms with E-state index in [9.17, 15) is 39.9 Å². The van der Waals surface area contributed by atoms with Gasteiger partial charge in [-0.3, -0.25) is 14.4 Å². The number of ether oxygens (including phenoxy) is 5. The minimum absolute atomic E-state index is 0.0305. The summed E-state index contributed by atoms with van der Waals surface area (Å²) in [6, 6.07) is 9.54. The largest absolute Gasteiger partial charge is 0.507 e. The Bertz CT molecular complexity index is 2340. The predicted octanol–water partition coefficient (Wildman–Crippen LogP) is 7.74. The number of esters is 1. The summed E-state index contributed by atoms with van der Waals surface area (Å²) < 4.78 is 29.4. The van der Waals surface area contributed by atoms with Crippen molar-refractivity contribution in [2.45, 2.75) is 111 Å². The molecule has 9 unspecified atom stereocenters. The van der Waals surface area contributed by atoms with Crippen LogP contribution in [0.5, 0.6) is 28.7 Å². The van der Waals surface area contributed by atoms with Gasteiger partial charge in [0.2, 0.25) is 0 Å². The maximum absolute atomic E-state index is 14.5. The highest BCUT2D eigenvalue weighted by Crippen LogP contribution is 2.55. The van der Waals surface area contributed by atoms with E-state index in [1.54, 1.807) is 39.8 Å². The normalized spacial score (nSPS) is 28.0. The Balaban J connectivity index is 1.54. The number of methoxy groups -OCH3 is 1. The molecule has 3 heterocycles. The first-order chi connectivity index (χ1) is 31.3. The number of phenols is 3. The van der Waals surface area contributed by atoms with Crippen molar-refractivity contribution in [2.24, 2.45) is 28.8 Å².